The van der Waals surface area contributed by atoms with E-state index in [1.807, 2.05) is 6.07 Å². The lowest BCUT2D eigenvalue weighted by Gasteiger charge is -2.30. The van der Waals surface area contributed by atoms with E-state index in [2.05, 4.69) is 6.92 Å². The SMILES string of the molecule is CCC1SCc2c(ccc(OC)c2F)C1N. The molecule has 0 saturated heterocycles. The van der Waals surface area contributed by atoms with Gasteiger partial charge in [-0.1, -0.05) is 13.0 Å². The molecule has 0 saturated carbocycles. The number of rotatable bonds is 2. The molecule has 0 bridgehead atoms. The molecule has 0 aromatic heterocycles. The number of hydrogen-bond acceptors (Lipinski definition) is 3. The van der Waals surface area contributed by atoms with E-state index in [0.717, 1.165) is 12.0 Å². The molecule has 0 amide bonds. The highest BCUT2D eigenvalue weighted by Gasteiger charge is 2.28. The molecule has 4 heteroatoms. The highest BCUT2D eigenvalue weighted by Crippen LogP contribution is 2.40. The van der Waals surface area contributed by atoms with Crippen molar-refractivity contribution in [1.29, 1.82) is 0 Å². The van der Waals surface area contributed by atoms with Gasteiger partial charge in [-0.3, -0.25) is 0 Å². The third kappa shape index (κ3) is 1.80. The number of methoxy groups -OCH3 is 1. The third-order valence-corrected chi connectivity index (χ3v) is 4.58. The molecule has 1 aromatic rings. The Morgan fingerprint density at radius 1 is 1.56 bits per heavy atom. The average Bonchev–Trinajstić information content (AvgIpc) is 2.31. The van der Waals surface area contributed by atoms with Crippen molar-refractivity contribution >= 4 is 11.8 Å². The van der Waals surface area contributed by atoms with Crippen molar-refractivity contribution in [1.82, 2.24) is 0 Å². The highest BCUT2D eigenvalue weighted by molar-refractivity contribution is 7.99. The van der Waals surface area contributed by atoms with Gasteiger partial charge in [0.05, 0.1) is 7.11 Å². The molecule has 0 radical (unpaired) electrons. The second kappa shape index (κ2) is 4.63. The lowest BCUT2D eigenvalue weighted by Crippen LogP contribution is -2.28. The van der Waals surface area contributed by atoms with Crippen LogP contribution in [0.3, 0.4) is 0 Å². The van der Waals surface area contributed by atoms with E-state index in [4.69, 9.17) is 10.5 Å². The molecule has 1 aromatic carbocycles. The summed E-state index contributed by atoms with van der Waals surface area (Å²) in [5.41, 5.74) is 7.78. The Morgan fingerprint density at radius 3 is 2.94 bits per heavy atom. The van der Waals surface area contributed by atoms with Crippen LogP contribution in [0.2, 0.25) is 0 Å². The van der Waals surface area contributed by atoms with Crippen LogP contribution in [0.5, 0.6) is 5.75 Å². The summed E-state index contributed by atoms with van der Waals surface area (Å²) in [6, 6.07) is 3.49. The molecule has 2 N–H and O–H groups in total. The predicted molar refractivity (Wildman–Crippen MR) is 65.3 cm³/mol. The molecule has 1 aliphatic rings. The second-order valence-corrected chi connectivity index (χ2v) is 5.16. The van der Waals surface area contributed by atoms with Crippen molar-refractivity contribution in [3.05, 3.63) is 29.1 Å². The molecule has 16 heavy (non-hydrogen) atoms. The van der Waals surface area contributed by atoms with E-state index in [9.17, 15) is 4.39 Å². The largest absolute Gasteiger partial charge is 0.494 e. The molecule has 1 aliphatic heterocycles. The molecular weight excluding hydrogens is 225 g/mol. The summed E-state index contributed by atoms with van der Waals surface area (Å²) >= 11 is 1.73. The molecule has 2 rings (SSSR count). The fraction of sp³-hybridized carbons (Fsp3) is 0.500. The van der Waals surface area contributed by atoms with Gasteiger partial charge in [0.2, 0.25) is 0 Å². The zero-order chi connectivity index (χ0) is 11.7. The summed E-state index contributed by atoms with van der Waals surface area (Å²) in [5.74, 6) is 0.740. The number of ether oxygens (including phenoxy) is 1. The van der Waals surface area contributed by atoms with Gasteiger partial charge in [0.1, 0.15) is 0 Å². The van der Waals surface area contributed by atoms with Crippen LogP contribution in [0.25, 0.3) is 0 Å². The summed E-state index contributed by atoms with van der Waals surface area (Å²) in [6.45, 7) is 2.11. The Kier molecular flexibility index (Phi) is 3.40. The lowest BCUT2D eigenvalue weighted by molar-refractivity contribution is 0.383. The van der Waals surface area contributed by atoms with Gasteiger partial charge in [-0.15, -0.1) is 0 Å². The van der Waals surface area contributed by atoms with Gasteiger partial charge in [0.25, 0.3) is 0 Å². The zero-order valence-corrected chi connectivity index (χ0v) is 10.3. The van der Waals surface area contributed by atoms with E-state index in [-0.39, 0.29) is 11.9 Å². The zero-order valence-electron chi connectivity index (χ0n) is 9.50. The molecule has 0 aliphatic carbocycles. The minimum atomic E-state index is -0.252. The normalized spacial score (nSPS) is 24.0. The van der Waals surface area contributed by atoms with E-state index >= 15 is 0 Å². The Morgan fingerprint density at radius 2 is 2.31 bits per heavy atom. The van der Waals surface area contributed by atoms with Crippen molar-refractivity contribution in [2.24, 2.45) is 5.73 Å². The Balaban J connectivity index is 2.43. The summed E-state index contributed by atoms with van der Waals surface area (Å²) < 4.78 is 18.9. The average molecular weight is 241 g/mol. The Labute approximate surface area is 99.4 Å². The van der Waals surface area contributed by atoms with Crippen LogP contribution in [-0.4, -0.2) is 12.4 Å². The van der Waals surface area contributed by atoms with Gasteiger partial charge < -0.3 is 10.5 Å². The smallest absolute Gasteiger partial charge is 0.169 e. The maximum Gasteiger partial charge on any atom is 0.169 e. The van der Waals surface area contributed by atoms with Crippen molar-refractivity contribution in [2.75, 3.05) is 7.11 Å². The van der Waals surface area contributed by atoms with Crippen LogP contribution in [-0.2, 0) is 5.75 Å². The molecular formula is C12H16FNOS. The highest BCUT2D eigenvalue weighted by atomic mass is 32.2. The monoisotopic (exact) mass is 241 g/mol. The van der Waals surface area contributed by atoms with Crippen molar-refractivity contribution in [3.8, 4) is 5.75 Å². The van der Waals surface area contributed by atoms with Gasteiger partial charge in [-0.2, -0.15) is 11.8 Å². The Hall–Kier alpha value is -0.740. The quantitative estimate of drug-likeness (QED) is 0.864. The lowest BCUT2D eigenvalue weighted by atomic mass is 9.96. The van der Waals surface area contributed by atoms with Gasteiger partial charge >= 0.3 is 0 Å². The fourth-order valence-corrected chi connectivity index (χ4v) is 3.36. The molecule has 88 valence electrons. The first-order valence-corrected chi connectivity index (χ1v) is 6.46. The van der Waals surface area contributed by atoms with Gasteiger partial charge in [-0.25, -0.2) is 4.39 Å². The number of halogens is 1. The van der Waals surface area contributed by atoms with E-state index in [1.54, 1.807) is 17.8 Å². The second-order valence-electron chi connectivity index (χ2n) is 3.93. The van der Waals surface area contributed by atoms with Crippen LogP contribution in [0.4, 0.5) is 4.39 Å². The topological polar surface area (TPSA) is 35.2 Å². The van der Waals surface area contributed by atoms with Crippen LogP contribution in [0.1, 0.15) is 30.5 Å². The van der Waals surface area contributed by atoms with Crippen molar-refractivity contribution in [2.45, 2.75) is 30.4 Å². The van der Waals surface area contributed by atoms with E-state index in [1.165, 1.54) is 7.11 Å². The first kappa shape index (κ1) is 11.7. The molecule has 2 unspecified atom stereocenters. The molecule has 1 heterocycles. The number of fused-ring (bicyclic) bond motifs is 1. The summed E-state index contributed by atoms with van der Waals surface area (Å²) in [7, 11) is 1.48. The maximum absolute atomic E-state index is 14.0. The number of benzene rings is 1. The standard InChI is InChI=1S/C12H16FNOS/c1-3-10-12(14)7-4-5-9(15-2)11(13)8(7)6-16-10/h4-5,10,12H,3,6,14H2,1-2H3. The van der Waals surface area contributed by atoms with Crippen LogP contribution in [0.15, 0.2) is 12.1 Å². The van der Waals surface area contributed by atoms with Gasteiger partial charge in [-0.05, 0) is 18.1 Å². The maximum atomic E-state index is 14.0. The fourth-order valence-electron chi connectivity index (χ4n) is 2.10. The Bertz CT molecular complexity index is 397. The molecule has 2 nitrogen and oxygen atoms in total. The van der Waals surface area contributed by atoms with Crippen molar-refractivity contribution < 1.29 is 9.13 Å². The summed E-state index contributed by atoms with van der Waals surface area (Å²) in [4.78, 5) is 0. The molecule has 0 fully saturated rings. The third-order valence-electron chi connectivity index (χ3n) is 3.07. The first-order valence-electron chi connectivity index (χ1n) is 5.41. The van der Waals surface area contributed by atoms with E-state index < -0.39 is 0 Å². The number of hydrogen-bond donors (Lipinski definition) is 1. The minimum absolute atomic E-state index is 0.0702. The van der Waals surface area contributed by atoms with Crippen LogP contribution >= 0.6 is 11.8 Å². The van der Waals surface area contributed by atoms with E-state index in [0.29, 0.717) is 22.3 Å². The minimum Gasteiger partial charge on any atom is -0.494 e. The number of thioether (sulfide) groups is 1. The van der Waals surface area contributed by atoms with Gasteiger partial charge in [0, 0.05) is 22.6 Å². The molecule has 2 atom stereocenters. The first-order chi connectivity index (χ1) is 7.69. The predicted octanol–water partition coefficient (Wildman–Crippen LogP) is 2.86. The summed E-state index contributed by atoms with van der Waals surface area (Å²) in [6.07, 6.45) is 1.01. The molecule has 0 spiro atoms. The van der Waals surface area contributed by atoms with Gasteiger partial charge in [0.15, 0.2) is 11.6 Å². The van der Waals surface area contributed by atoms with Crippen LogP contribution < -0.4 is 10.5 Å². The number of nitrogens with two attached hydrogens (primary N) is 1. The van der Waals surface area contributed by atoms with Crippen LogP contribution in [0, 0.1) is 5.82 Å². The summed E-state index contributed by atoms with van der Waals surface area (Å²) in [5, 5.41) is 0.389. The van der Waals surface area contributed by atoms with Crippen molar-refractivity contribution in [3.63, 3.8) is 0 Å².